The van der Waals surface area contributed by atoms with Crippen molar-refractivity contribution in [2.75, 3.05) is 20.2 Å². The van der Waals surface area contributed by atoms with Crippen LogP contribution in [0.5, 0.6) is 5.75 Å². The average Bonchev–Trinajstić information content (AvgIpc) is 2.84. The van der Waals surface area contributed by atoms with E-state index >= 15 is 0 Å². The van der Waals surface area contributed by atoms with Crippen molar-refractivity contribution in [1.29, 1.82) is 0 Å². The third kappa shape index (κ3) is 5.76. The van der Waals surface area contributed by atoms with Crippen molar-refractivity contribution in [3.05, 3.63) is 101 Å². The number of ether oxygens (including phenoxy) is 1. The Morgan fingerprint density at radius 1 is 1.00 bits per heavy atom. The van der Waals surface area contributed by atoms with Crippen molar-refractivity contribution in [2.24, 2.45) is 0 Å². The summed E-state index contributed by atoms with van der Waals surface area (Å²) in [6.45, 7) is 3.11. The van der Waals surface area contributed by atoms with Crippen LogP contribution in [0.1, 0.15) is 45.8 Å². The summed E-state index contributed by atoms with van der Waals surface area (Å²) in [7, 11) is 1.46. The van der Waals surface area contributed by atoms with E-state index in [1.807, 2.05) is 30.3 Å². The summed E-state index contributed by atoms with van der Waals surface area (Å²) in [6, 6.07) is 18.8. The average molecular weight is 451 g/mol. The van der Waals surface area contributed by atoms with Gasteiger partial charge in [0.1, 0.15) is 17.4 Å². The number of nitrogens with zero attached hydrogens (tertiary/aromatic N) is 1. The first-order valence-corrected chi connectivity index (χ1v) is 11.2. The summed E-state index contributed by atoms with van der Waals surface area (Å²) in [5.74, 6) is -0.303. The summed E-state index contributed by atoms with van der Waals surface area (Å²) < 4.78 is 32.0. The van der Waals surface area contributed by atoms with Gasteiger partial charge in [0, 0.05) is 13.1 Å². The summed E-state index contributed by atoms with van der Waals surface area (Å²) in [4.78, 5) is 15.1. The highest BCUT2D eigenvalue weighted by molar-refractivity contribution is 5.96. The van der Waals surface area contributed by atoms with Crippen molar-refractivity contribution in [1.82, 2.24) is 10.2 Å². The SMILES string of the molecule is COc1ccc(F)cc1C(=O)NCc1ccccc1C1CCN(Cc2ccc(F)cc2)CC1. The van der Waals surface area contributed by atoms with Gasteiger partial charge in [0.05, 0.1) is 12.7 Å². The van der Waals surface area contributed by atoms with Crippen LogP contribution in [0.4, 0.5) is 8.78 Å². The number of rotatable bonds is 7. The minimum Gasteiger partial charge on any atom is -0.496 e. The summed E-state index contributed by atoms with van der Waals surface area (Å²) in [5, 5.41) is 2.92. The van der Waals surface area contributed by atoms with E-state index in [0.717, 1.165) is 43.6 Å². The molecule has 33 heavy (non-hydrogen) atoms. The molecule has 1 heterocycles. The molecule has 1 fully saturated rings. The lowest BCUT2D eigenvalue weighted by atomic mass is 9.86. The second kappa shape index (κ2) is 10.6. The lowest BCUT2D eigenvalue weighted by molar-refractivity contribution is 0.0947. The fraction of sp³-hybridized carbons (Fsp3) is 0.296. The van der Waals surface area contributed by atoms with Crippen LogP contribution < -0.4 is 10.1 Å². The summed E-state index contributed by atoms with van der Waals surface area (Å²) in [6.07, 6.45) is 2.04. The van der Waals surface area contributed by atoms with Gasteiger partial charge >= 0.3 is 0 Å². The van der Waals surface area contributed by atoms with E-state index in [0.29, 0.717) is 18.2 Å². The molecule has 1 N–H and O–H groups in total. The van der Waals surface area contributed by atoms with Gasteiger partial charge in [-0.05, 0) is 78.9 Å². The first kappa shape index (κ1) is 22.9. The molecule has 0 bridgehead atoms. The van der Waals surface area contributed by atoms with Crippen molar-refractivity contribution in [3.8, 4) is 5.75 Å². The second-order valence-electron chi connectivity index (χ2n) is 8.40. The molecular formula is C27H28F2N2O2. The molecule has 1 amide bonds. The van der Waals surface area contributed by atoms with Crippen LogP contribution in [0.15, 0.2) is 66.7 Å². The molecule has 0 unspecified atom stereocenters. The van der Waals surface area contributed by atoms with Gasteiger partial charge < -0.3 is 10.1 Å². The minimum absolute atomic E-state index is 0.184. The smallest absolute Gasteiger partial charge is 0.255 e. The van der Waals surface area contributed by atoms with Crippen LogP contribution in [-0.4, -0.2) is 31.0 Å². The molecule has 3 aromatic carbocycles. The van der Waals surface area contributed by atoms with Crippen molar-refractivity contribution in [2.45, 2.75) is 31.8 Å². The van der Waals surface area contributed by atoms with Crippen molar-refractivity contribution >= 4 is 5.91 Å². The van der Waals surface area contributed by atoms with Crippen LogP contribution >= 0.6 is 0 Å². The van der Waals surface area contributed by atoms with E-state index in [9.17, 15) is 13.6 Å². The third-order valence-electron chi connectivity index (χ3n) is 6.25. The molecule has 0 radical (unpaired) electrons. The molecule has 4 rings (SSSR count). The Balaban J connectivity index is 1.37. The van der Waals surface area contributed by atoms with Gasteiger partial charge in [-0.2, -0.15) is 0 Å². The van der Waals surface area contributed by atoms with Crippen LogP contribution in [0, 0.1) is 11.6 Å². The van der Waals surface area contributed by atoms with Gasteiger partial charge in [-0.25, -0.2) is 8.78 Å². The molecule has 6 heteroatoms. The number of hydrogen-bond donors (Lipinski definition) is 1. The Hall–Kier alpha value is -3.25. The lowest BCUT2D eigenvalue weighted by Gasteiger charge is -2.33. The fourth-order valence-corrected chi connectivity index (χ4v) is 4.47. The number of likely N-dealkylation sites (tertiary alicyclic amines) is 1. The predicted octanol–water partition coefficient (Wildman–Crippen LogP) is 5.28. The maximum atomic E-state index is 13.6. The molecule has 1 aliphatic rings. The quantitative estimate of drug-likeness (QED) is 0.532. The first-order valence-electron chi connectivity index (χ1n) is 11.2. The number of amides is 1. The Morgan fingerprint density at radius 2 is 1.70 bits per heavy atom. The normalized spacial score (nSPS) is 14.8. The molecule has 3 aromatic rings. The van der Waals surface area contributed by atoms with Gasteiger partial charge in [-0.3, -0.25) is 9.69 Å². The van der Waals surface area contributed by atoms with Crippen molar-refractivity contribution < 1.29 is 18.3 Å². The molecule has 1 saturated heterocycles. The van der Waals surface area contributed by atoms with E-state index in [-0.39, 0.29) is 17.3 Å². The van der Waals surface area contributed by atoms with Gasteiger partial charge in [0.2, 0.25) is 0 Å². The summed E-state index contributed by atoms with van der Waals surface area (Å²) >= 11 is 0. The van der Waals surface area contributed by atoms with Gasteiger partial charge in [0.15, 0.2) is 0 Å². The highest BCUT2D eigenvalue weighted by Gasteiger charge is 2.23. The van der Waals surface area contributed by atoms with Crippen LogP contribution in [0.25, 0.3) is 0 Å². The van der Waals surface area contributed by atoms with Gasteiger partial charge in [0.25, 0.3) is 5.91 Å². The maximum absolute atomic E-state index is 13.6. The number of nitrogens with one attached hydrogen (secondary N) is 1. The van der Waals surface area contributed by atoms with E-state index < -0.39 is 5.82 Å². The maximum Gasteiger partial charge on any atom is 0.255 e. The first-order chi connectivity index (χ1) is 16.0. The molecule has 0 aliphatic carbocycles. The Kier molecular flexibility index (Phi) is 7.35. The topological polar surface area (TPSA) is 41.6 Å². The zero-order valence-corrected chi connectivity index (χ0v) is 18.7. The van der Waals surface area contributed by atoms with Crippen LogP contribution in [-0.2, 0) is 13.1 Å². The Morgan fingerprint density at radius 3 is 2.42 bits per heavy atom. The number of hydrogen-bond acceptors (Lipinski definition) is 3. The molecular weight excluding hydrogens is 422 g/mol. The molecule has 172 valence electrons. The molecule has 0 atom stereocenters. The Labute approximate surface area is 193 Å². The minimum atomic E-state index is -0.478. The monoisotopic (exact) mass is 450 g/mol. The zero-order chi connectivity index (χ0) is 23.2. The van der Waals surface area contributed by atoms with E-state index in [2.05, 4.69) is 16.3 Å². The van der Waals surface area contributed by atoms with E-state index in [1.165, 1.54) is 43.0 Å². The number of halogens is 2. The molecule has 0 spiro atoms. The van der Waals surface area contributed by atoms with Crippen LogP contribution in [0.3, 0.4) is 0 Å². The molecule has 0 saturated carbocycles. The van der Waals surface area contributed by atoms with Crippen LogP contribution in [0.2, 0.25) is 0 Å². The second-order valence-corrected chi connectivity index (χ2v) is 8.40. The summed E-state index contributed by atoms with van der Waals surface area (Å²) in [5.41, 5.74) is 3.61. The number of piperidine rings is 1. The van der Waals surface area contributed by atoms with E-state index in [4.69, 9.17) is 4.74 Å². The lowest BCUT2D eigenvalue weighted by Crippen LogP contribution is -2.33. The number of benzene rings is 3. The number of carbonyl (C=O) groups excluding carboxylic acids is 1. The highest BCUT2D eigenvalue weighted by Crippen LogP contribution is 2.31. The molecule has 1 aliphatic heterocycles. The predicted molar refractivity (Wildman–Crippen MR) is 124 cm³/mol. The van der Waals surface area contributed by atoms with Crippen molar-refractivity contribution in [3.63, 3.8) is 0 Å². The largest absolute Gasteiger partial charge is 0.496 e. The van der Waals surface area contributed by atoms with Gasteiger partial charge in [-0.1, -0.05) is 36.4 Å². The number of carbonyl (C=O) groups is 1. The highest BCUT2D eigenvalue weighted by atomic mass is 19.1. The van der Waals surface area contributed by atoms with Gasteiger partial charge in [-0.15, -0.1) is 0 Å². The standard InChI is InChI=1S/C27H28F2N2O2/c1-33-26-11-10-23(29)16-25(26)27(32)30-17-21-4-2-3-5-24(21)20-12-14-31(15-13-20)18-19-6-8-22(28)9-7-19/h2-11,16,20H,12-15,17-18H2,1H3,(H,30,32). The molecule has 0 aromatic heterocycles. The third-order valence-corrected chi connectivity index (χ3v) is 6.25. The number of methoxy groups -OCH3 is 1. The Bertz CT molecular complexity index is 1090. The van der Waals surface area contributed by atoms with E-state index in [1.54, 1.807) is 0 Å². The fourth-order valence-electron chi connectivity index (χ4n) is 4.47. The molecule has 4 nitrogen and oxygen atoms in total. The zero-order valence-electron chi connectivity index (χ0n) is 18.7.